The zero-order valence-electron chi connectivity index (χ0n) is 14.7. The van der Waals surface area contributed by atoms with Crippen LogP contribution in [0.4, 0.5) is 14.5 Å². The second-order valence-electron chi connectivity index (χ2n) is 5.48. The van der Waals surface area contributed by atoms with Crippen molar-refractivity contribution in [3.8, 4) is 0 Å². The number of halogens is 3. The van der Waals surface area contributed by atoms with Crippen LogP contribution in [-0.4, -0.2) is 54.9 Å². The highest BCUT2D eigenvalue weighted by Crippen LogP contribution is 2.26. The Balaban J connectivity index is 2.84. The van der Waals surface area contributed by atoms with Gasteiger partial charge in [0, 0.05) is 23.6 Å². The molecular weight excluding hydrogens is 472 g/mol. The number of sulfonamides is 2. The third-order valence-corrected chi connectivity index (χ3v) is 6.64. The Bertz CT molecular complexity index is 822. The number of rotatable bonds is 12. The average Bonchev–Trinajstić information content (AvgIpc) is 2.57. The molecule has 0 aliphatic carbocycles. The molecule has 1 unspecified atom stereocenters. The summed E-state index contributed by atoms with van der Waals surface area (Å²) >= 11 is 3.23. The first-order valence-corrected chi connectivity index (χ1v) is 11.8. The first-order valence-electron chi connectivity index (χ1n) is 7.89. The summed E-state index contributed by atoms with van der Waals surface area (Å²) < 4.78 is 81.3. The van der Waals surface area contributed by atoms with E-state index in [1.165, 1.54) is 25.1 Å². The van der Waals surface area contributed by atoms with E-state index in [9.17, 15) is 25.6 Å². The molecule has 3 N–H and O–H groups in total. The highest BCUT2D eigenvalue weighted by molar-refractivity contribution is 9.10. The van der Waals surface area contributed by atoms with Crippen LogP contribution in [0.2, 0.25) is 0 Å². The van der Waals surface area contributed by atoms with E-state index < -0.39 is 32.7 Å². The third kappa shape index (κ3) is 8.79. The van der Waals surface area contributed by atoms with Crippen LogP contribution < -0.4 is 14.8 Å². The number of nitrogens with one attached hydrogen (secondary N) is 3. The van der Waals surface area contributed by atoms with Gasteiger partial charge < -0.3 is 10.1 Å². The Morgan fingerprint density at radius 1 is 1.15 bits per heavy atom. The van der Waals surface area contributed by atoms with Crippen LogP contribution in [0, 0.1) is 0 Å². The summed E-state index contributed by atoms with van der Waals surface area (Å²) in [5.74, 6) is -0.112. The van der Waals surface area contributed by atoms with Crippen molar-refractivity contribution >= 4 is 41.7 Å². The van der Waals surface area contributed by atoms with Gasteiger partial charge in [-0.1, -0.05) is 15.9 Å². The maximum Gasteiger partial charge on any atom is 0.345 e. The van der Waals surface area contributed by atoms with Gasteiger partial charge in [-0.2, -0.15) is 8.78 Å². The molecule has 13 heteroatoms. The lowest BCUT2D eigenvalue weighted by Gasteiger charge is -2.19. The fourth-order valence-corrected chi connectivity index (χ4v) is 4.10. The molecule has 0 radical (unpaired) electrons. The van der Waals surface area contributed by atoms with E-state index in [4.69, 9.17) is 0 Å². The Kier molecular flexibility index (Phi) is 9.51. The molecule has 0 saturated carbocycles. The summed E-state index contributed by atoms with van der Waals surface area (Å²) in [5, 5.41) is 2.82. The van der Waals surface area contributed by atoms with Crippen LogP contribution in [0.1, 0.15) is 13.8 Å². The van der Waals surface area contributed by atoms with Gasteiger partial charge in [-0.3, -0.25) is 0 Å². The molecule has 8 nitrogen and oxygen atoms in total. The SMILES string of the molecule is CCS(=O)(=O)NCCNS(=O)(=O)c1ccc(Br)cc1NC(C)COC(F)F. The summed E-state index contributed by atoms with van der Waals surface area (Å²) in [6.45, 7) is -0.476. The lowest BCUT2D eigenvalue weighted by molar-refractivity contribution is -0.130. The molecule has 0 aliphatic rings. The summed E-state index contributed by atoms with van der Waals surface area (Å²) in [6, 6.07) is 3.76. The molecule has 0 aromatic heterocycles. The van der Waals surface area contributed by atoms with Crippen molar-refractivity contribution in [3.05, 3.63) is 22.7 Å². The molecule has 0 amide bonds. The zero-order valence-corrected chi connectivity index (χ0v) is 17.9. The third-order valence-electron chi connectivity index (χ3n) is 3.22. The largest absolute Gasteiger partial charge is 0.379 e. The van der Waals surface area contributed by atoms with Gasteiger partial charge in [0.1, 0.15) is 4.90 Å². The monoisotopic (exact) mass is 493 g/mol. The Labute approximate surface area is 166 Å². The Morgan fingerprint density at radius 3 is 2.37 bits per heavy atom. The van der Waals surface area contributed by atoms with Crippen molar-refractivity contribution in [2.45, 2.75) is 31.4 Å². The summed E-state index contributed by atoms with van der Waals surface area (Å²) in [7, 11) is -7.39. The molecule has 0 fully saturated rings. The molecule has 0 saturated heterocycles. The minimum atomic E-state index is -3.97. The second-order valence-corrected chi connectivity index (χ2v) is 10.2. The second kappa shape index (κ2) is 10.6. The molecule has 0 bridgehead atoms. The van der Waals surface area contributed by atoms with Crippen LogP contribution in [-0.2, 0) is 24.8 Å². The molecule has 0 aliphatic heterocycles. The van der Waals surface area contributed by atoms with Gasteiger partial charge in [-0.05, 0) is 32.0 Å². The maximum atomic E-state index is 12.5. The summed E-state index contributed by atoms with van der Waals surface area (Å²) in [6.07, 6.45) is 0. The van der Waals surface area contributed by atoms with E-state index in [0.717, 1.165) is 0 Å². The number of hydrogen-bond donors (Lipinski definition) is 3. The Hall–Kier alpha value is -0.860. The van der Waals surface area contributed by atoms with Crippen molar-refractivity contribution in [2.75, 3.05) is 30.8 Å². The van der Waals surface area contributed by atoms with Crippen molar-refractivity contribution < 1.29 is 30.4 Å². The number of alkyl halides is 2. The maximum absolute atomic E-state index is 12.5. The smallest absolute Gasteiger partial charge is 0.345 e. The van der Waals surface area contributed by atoms with E-state index in [1.54, 1.807) is 6.92 Å². The standard InChI is InChI=1S/C14H22BrF2N3O5S2/c1-3-26(21,22)18-6-7-19-27(23,24)13-5-4-11(15)8-12(13)20-10(2)9-25-14(16)17/h4-5,8,10,14,18-20H,3,6-7,9H2,1-2H3. The molecular formula is C14H22BrF2N3O5S2. The van der Waals surface area contributed by atoms with E-state index >= 15 is 0 Å². The van der Waals surface area contributed by atoms with Gasteiger partial charge in [0.2, 0.25) is 20.0 Å². The van der Waals surface area contributed by atoms with Gasteiger partial charge >= 0.3 is 6.61 Å². The highest BCUT2D eigenvalue weighted by atomic mass is 79.9. The van der Waals surface area contributed by atoms with Crippen LogP contribution in [0.3, 0.4) is 0 Å². The first kappa shape index (κ1) is 24.2. The quantitative estimate of drug-likeness (QED) is 0.382. The lowest BCUT2D eigenvalue weighted by Crippen LogP contribution is -2.35. The predicted molar refractivity (Wildman–Crippen MR) is 102 cm³/mol. The molecule has 156 valence electrons. The van der Waals surface area contributed by atoms with Gasteiger partial charge in [0.05, 0.1) is 18.0 Å². The lowest BCUT2D eigenvalue weighted by atomic mass is 10.3. The van der Waals surface area contributed by atoms with Crippen LogP contribution >= 0.6 is 15.9 Å². The number of ether oxygens (including phenoxy) is 1. The minimum Gasteiger partial charge on any atom is -0.379 e. The number of hydrogen-bond acceptors (Lipinski definition) is 6. The van der Waals surface area contributed by atoms with E-state index in [1.807, 2.05) is 0 Å². The summed E-state index contributed by atoms with van der Waals surface area (Å²) in [5.41, 5.74) is 0.191. The number of benzene rings is 1. The predicted octanol–water partition coefficient (Wildman–Crippen LogP) is 1.71. The average molecular weight is 494 g/mol. The van der Waals surface area contributed by atoms with Gasteiger partial charge in [0.15, 0.2) is 0 Å². The van der Waals surface area contributed by atoms with Crippen molar-refractivity contribution in [1.29, 1.82) is 0 Å². The fraction of sp³-hybridized carbons (Fsp3) is 0.571. The normalized spacial score (nSPS) is 13.7. The Morgan fingerprint density at radius 2 is 1.78 bits per heavy atom. The van der Waals surface area contributed by atoms with E-state index in [2.05, 4.69) is 35.4 Å². The van der Waals surface area contributed by atoms with Crippen molar-refractivity contribution in [2.24, 2.45) is 0 Å². The highest BCUT2D eigenvalue weighted by Gasteiger charge is 2.20. The molecule has 1 atom stereocenters. The zero-order chi connectivity index (χ0) is 20.7. The molecule has 27 heavy (non-hydrogen) atoms. The first-order chi connectivity index (χ1) is 12.5. The number of anilines is 1. The molecule has 1 aromatic rings. The van der Waals surface area contributed by atoms with Crippen LogP contribution in [0.5, 0.6) is 0 Å². The summed E-state index contributed by atoms with van der Waals surface area (Å²) in [4.78, 5) is -0.104. The van der Waals surface area contributed by atoms with Crippen molar-refractivity contribution in [3.63, 3.8) is 0 Å². The fourth-order valence-electron chi connectivity index (χ4n) is 1.95. The van der Waals surface area contributed by atoms with Crippen LogP contribution in [0.15, 0.2) is 27.6 Å². The minimum absolute atomic E-state index is 0.104. The topological polar surface area (TPSA) is 114 Å². The molecule has 0 heterocycles. The van der Waals surface area contributed by atoms with Gasteiger partial charge in [-0.25, -0.2) is 26.3 Å². The van der Waals surface area contributed by atoms with Gasteiger partial charge in [-0.15, -0.1) is 0 Å². The van der Waals surface area contributed by atoms with E-state index in [0.29, 0.717) is 4.47 Å². The van der Waals surface area contributed by atoms with Crippen molar-refractivity contribution in [1.82, 2.24) is 9.44 Å². The molecule has 1 aromatic carbocycles. The molecule has 0 spiro atoms. The van der Waals surface area contributed by atoms with Gasteiger partial charge in [0.25, 0.3) is 0 Å². The van der Waals surface area contributed by atoms with E-state index in [-0.39, 0.29) is 36.0 Å². The molecule has 1 rings (SSSR count). The van der Waals surface area contributed by atoms with Crippen LogP contribution in [0.25, 0.3) is 0 Å².